The summed E-state index contributed by atoms with van der Waals surface area (Å²) in [5.41, 5.74) is 5.03. The van der Waals surface area contributed by atoms with Crippen LogP contribution in [0.1, 0.15) is 49.4 Å². The van der Waals surface area contributed by atoms with E-state index in [1.54, 1.807) is 18.5 Å². The van der Waals surface area contributed by atoms with Crippen molar-refractivity contribution in [3.63, 3.8) is 0 Å². The first kappa shape index (κ1) is 22.3. The Morgan fingerprint density at radius 1 is 1.03 bits per heavy atom. The summed E-state index contributed by atoms with van der Waals surface area (Å²) in [7, 11) is 0. The Morgan fingerprint density at radius 2 is 1.78 bits per heavy atom. The minimum Gasteiger partial charge on any atom is -0.476 e. The number of aromatic amines is 1. The predicted molar refractivity (Wildman–Crippen MR) is 127 cm³/mol. The smallest absolute Gasteiger partial charge is 0.194 e. The molecule has 2 aromatic heterocycles. The quantitative estimate of drug-likeness (QED) is 0.510. The number of aryl methyl sites for hydroxylation is 3. The molecule has 0 bridgehead atoms. The zero-order chi connectivity index (χ0) is 22.2. The van der Waals surface area contributed by atoms with E-state index < -0.39 is 0 Å². The lowest BCUT2D eigenvalue weighted by molar-refractivity contribution is -0.0119. The Labute approximate surface area is 189 Å². The van der Waals surface area contributed by atoms with Crippen molar-refractivity contribution in [2.45, 2.75) is 58.0 Å². The highest BCUT2D eigenvalue weighted by Gasteiger charge is 2.17. The van der Waals surface area contributed by atoms with Crippen LogP contribution >= 0.6 is 0 Å². The zero-order valence-corrected chi connectivity index (χ0v) is 18.8. The van der Waals surface area contributed by atoms with E-state index in [0.717, 1.165) is 62.8 Å². The fraction of sp³-hybridized carbons (Fsp3) is 0.407. The van der Waals surface area contributed by atoms with E-state index in [1.165, 1.54) is 11.1 Å². The van der Waals surface area contributed by atoms with Crippen LogP contribution in [0.2, 0.25) is 0 Å². The molecule has 0 radical (unpaired) electrons. The van der Waals surface area contributed by atoms with E-state index in [0.29, 0.717) is 18.1 Å². The second-order valence-electron chi connectivity index (χ2n) is 8.45. The van der Waals surface area contributed by atoms with Crippen molar-refractivity contribution >= 4 is 0 Å². The van der Waals surface area contributed by atoms with Gasteiger partial charge in [0.2, 0.25) is 0 Å². The topological polar surface area (TPSA) is 64.2 Å². The molecule has 0 spiro atoms. The minimum atomic E-state index is -0.0391. The third-order valence-corrected chi connectivity index (χ3v) is 5.98. The molecule has 3 aromatic rings. The SMILES string of the molecule is CCCc1ccc(CCc2[nH]c(OCC3CCCCO3)cc(=O)c2-c2ccncc2)cc1. The third kappa shape index (κ3) is 5.86. The van der Waals surface area contributed by atoms with Crippen LogP contribution < -0.4 is 10.2 Å². The molecular weight excluding hydrogens is 400 g/mol. The van der Waals surface area contributed by atoms with Gasteiger partial charge in [0.05, 0.1) is 6.10 Å². The standard InChI is InChI=1S/C27H32N2O3/c1-2-5-20-7-9-21(10-8-20)11-12-24-27(22-13-15-28-16-14-22)25(30)18-26(29-24)32-19-23-6-3-4-17-31-23/h7-10,13-16,18,23H,2-6,11-12,17,19H2,1H3,(H,29,30). The number of aromatic nitrogens is 2. The first-order valence-electron chi connectivity index (χ1n) is 11.7. The largest absolute Gasteiger partial charge is 0.476 e. The Balaban J connectivity index is 1.55. The van der Waals surface area contributed by atoms with Crippen LogP contribution in [0.15, 0.2) is 59.7 Å². The number of hydrogen-bond donors (Lipinski definition) is 1. The molecule has 5 heteroatoms. The lowest BCUT2D eigenvalue weighted by Crippen LogP contribution is -2.26. The fourth-order valence-corrected chi connectivity index (χ4v) is 4.24. The first-order chi connectivity index (χ1) is 15.7. The molecule has 1 aliphatic heterocycles. The zero-order valence-electron chi connectivity index (χ0n) is 18.8. The molecule has 0 amide bonds. The number of rotatable bonds is 9. The van der Waals surface area contributed by atoms with Crippen LogP contribution in [0, 0.1) is 0 Å². The summed E-state index contributed by atoms with van der Waals surface area (Å²) in [6.07, 6.45) is 10.6. The average molecular weight is 433 g/mol. The summed E-state index contributed by atoms with van der Waals surface area (Å²) in [4.78, 5) is 20.6. The van der Waals surface area contributed by atoms with Crippen LogP contribution in [0.4, 0.5) is 0 Å². The summed E-state index contributed by atoms with van der Waals surface area (Å²) in [6, 6.07) is 14.1. The van der Waals surface area contributed by atoms with Crippen molar-refractivity contribution < 1.29 is 9.47 Å². The van der Waals surface area contributed by atoms with Crippen LogP contribution in [0.5, 0.6) is 5.88 Å². The second-order valence-corrected chi connectivity index (χ2v) is 8.45. The van der Waals surface area contributed by atoms with E-state index in [4.69, 9.17) is 9.47 Å². The highest BCUT2D eigenvalue weighted by atomic mass is 16.5. The molecule has 1 fully saturated rings. The second kappa shape index (κ2) is 11.1. The van der Waals surface area contributed by atoms with Gasteiger partial charge in [0, 0.05) is 36.3 Å². The normalized spacial score (nSPS) is 16.1. The van der Waals surface area contributed by atoms with E-state index in [-0.39, 0.29) is 11.5 Å². The summed E-state index contributed by atoms with van der Waals surface area (Å²) < 4.78 is 11.7. The van der Waals surface area contributed by atoms with Crippen molar-refractivity contribution in [2.75, 3.05) is 13.2 Å². The number of benzene rings is 1. The molecule has 1 saturated heterocycles. The molecule has 32 heavy (non-hydrogen) atoms. The maximum absolute atomic E-state index is 13.1. The first-order valence-corrected chi connectivity index (χ1v) is 11.7. The summed E-state index contributed by atoms with van der Waals surface area (Å²) in [5, 5.41) is 0. The highest BCUT2D eigenvalue weighted by Crippen LogP contribution is 2.23. The van der Waals surface area contributed by atoms with Gasteiger partial charge in [0.25, 0.3) is 0 Å². The Bertz CT molecular complexity index is 1040. The van der Waals surface area contributed by atoms with E-state index in [2.05, 4.69) is 41.2 Å². The van der Waals surface area contributed by atoms with Crippen LogP contribution in [0.25, 0.3) is 11.1 Å². The molecular formula is C27H32N2O3. The Hall–Kier alpha value is -2.92. The third-order valence-electron chi connectivity index (χ3n) is 5.98. The predicted octanol–water partition coefficient (Wildman–Crippen LogP) is 5.12. The van der Waals surface area contributed by atoms with Crippen molar-refractivity contribution in [1.82, 2.24) is 9.97 Å². The van der Waals surface area contributed by atoms with Gasteiger partial charge in [-0.3, -0.25) is 9.78 Å². The highest BCUT2D eigenvalue weighted by molar-refractivity contribution is 5.65. The van der Waals surface area contributed by atoms with Crippen molar-refractivity contribution in [3.8, 4) is 17.0 Å². The number of pyridine rings is 2. The molecule has 1 atom stereocenters. The van der Waals surface area contributed by atoms with Crippen molar-refractivity contribution in [3.05, 3.63) is 81.9 Å². The number of ether oxygens (including phenoxy) is 2. The molecule has 1 aliphatic rings. The van der Waals surface area contributed by atoms with Gasteiger partial charge >= 0.3 is 0 Å². The Morgan fingerprint density at radius 3 is 2.47 bits per heavy atom. The van der Waals surface area contributed by atoms with E-state index >= 15 is 0 Å². The summed E-state index contributed by atoms with van der Waals surface area (Å²) >= 11 is 0. The van der Waals surface area contributed by atoms with E-state index in [9.17, 15) is 4.79 Å². The van der Waals surface area contributed by atoms with Gasteiger partial charge in [-0.15, -0.1) is 0 Å². The number of nitrogens with one attached hydrogen (secondary N) is 1. The molecule has 3 heterocycles. The van der Waals surface area contributed by atoms with Gasteiger partial charge in [-0.25, -0.2) is 0 Å². The summed E-state index contributed by atoms with van der Waals surface area (Å²) in [5.74, 6) is 0.510. The lowest BCUT2D eigenvalue weighted by atomic mass is 9.99. The molecule has 5 nitrogen and oxygen atoms in total. The lowest BCUT2D eigenvalue weighted by Gasteiger charge is -2.22. The number of nitrogens with zero attached hydrogens (tertiary/aromatic N) is 1. The maximum atomic E-state index is 13.1. The molecule has 1 unspecified atom stereocenters. The van der Waals surface area contributed by atoms with E-state index in [1.807, 2.05) is 12.1 Å². The molecule has 4 rings (SSSR count). The molecule has 0 aliphatic carbocycles. The van der Waals surface area contributed by atoms with Crippen LogP contribution in [-0.2, 0) is 24.0 Å². The minimum absolute atomic E-state index is 0.0391. The van der Waals surface area contributed by atoms with Gasteiger partial charge in [0.15, 0.2) is 11.3 Å². The molecule has 168 valence electrons. The fourth-order valence-electron chi connectivity index (χ4n) is 4.24. The van der Waals surface area contributed by atoms with Gasteiger partial charge in [0.1, 0.15) is 6.61 Å². The average Bonchev–Trinajstić information content (AvgIpc) is 2.83. The van der Waals surface area contributed by atoms with Crippen molar-refractivity contribution in [1.29, 1.82) is 0 Å². The van der Waals surface area contributed by atoms with Gasteiger partial charge in [-0.1, -0.05) is 37.6 Å². The van der Waals surface area contributed by atoms with Gasteiger partial charge in [-0.05, 0) is 67.3 Å². The van der Waals surface area contributed by atoms with Crippen LogP contribution in [-0.4, -0.2) is 29.3 Å². The van der Waals surface area contributed by atoms with Gasteiger partial charge < -0.3 is 14.5 Å². The monoisotopic (exact) mass is 432 g/mol. The molecule has 1 N–H and O–H groups in total. The maximum Gasteiger partial charge on any atom is 0.194 e. The number of hydrogen-bond acceptors (Lipinski definition) is 4. The Kier molecular flexibility index (Phi) is 7.73. The molecule has 1 aromatic carbocycles. The summed E-state index contributed by atoms with van der Waals surface area (Å²) in [6.45, 7) is 3.44. The molecule has 0 saturated carbocycles. The number of H-pyrrole nitrogens is 1. The van der Waals surface area contributed by atoms with Crippen molar-refractivity contribution in [2.24, 2.45) is 0 Å². The van der Waals surface area contributed by atoms with Crippen LogP contribution in [0.3, 0.4) is 0 Å². The van der Waals surface area contributed by atoms with Gasteiger partial charge in [-0.2, -0.15) is 0 Å².